The largest absolute Gasteiger partial charge is 0.493 e. The Labute approximate surface area is 253 Å². The van der Waals surface area contributed by atoms with Crippen molar-refractivity contribution in [1.29, 1.82) is 0 Å². The van der Waals surface area contributed by atoms with Gasteiger partial charge in [0.05, 0.1) is 29.2 Å². The van der Waals surface area contributed by atoms with Gasteiger partial charge in [-0.15, -0.1) is 0 Å². The molecular formula is C26H28F2N7O7PS. The lowest BCUT2D eigenvalue weighted by atomic mass is 10.1. The molecule has 3 atom stereocenters. The molecule has 0 bridgehead atoms. The molecule has 0 amide bonds. The van der Waals surface area contributed by atoms with Crippen molar-refractivity contribution in [2.75, 3.05) is 37.4 Å². The van der Waals surface area contributed by atoms with Crippen molar-refractivity contribution in [3.05, 3.63) is 59.4 Å². The number of fused-ring (bicyclic) bond motifs is 1. The Balaban J connectivity index is 1.35. The number of halogens is 2. The van der Waals surface area contributed by atoms with Gasteiger partial charge in [-0.3, -0.25) is 0 Å². The van der Waals surface area contributed by atoms with Gasteiger partial charge in [0.25, 0.3) is 0 Å². The van der Waals surface area contributed by atoms with Crippen LogP contribution in [-0.2, 0) is 14.0 Å². The van der Waals surface area contributed by atoms with E-state index in [0.29, 0.717) is 57.6 Å². The Kier molecular flexibility index (Phi) is 9.65. The van der Waals surface area contributed by atoms with E-state index in [4.69, 9.17) is 14.1 Å². The first-order valence-corrected chi connectivity index (χ1v) is 15.5. The zero-order chi connectivity index (χ0) is 31.4. The van der Waals surface area contributed by atoms with Crippen LogP contribution in [0, 0.1) is 11.6 Å². The van der Waals surface area contributed by atoms with E-state index in [1.165, 1.54) is 36.8 Å². The van der Waals surface area contributed by atoms with Crippen molar-refractivity contribution in [2.24, 2.45) is 0 Å². The van der Waals surface area contributed by atoms with Gasteiger partial charge in [0, 0.05) is 37.3 Å². The number of nitrogens with zero attached hydrogens (tertiary/aromatic N) is 4. The van der Waals surface area contributed by atoms with Crippen LogP contribution in [0.4, 0.5) is 25.4 Å². The normalized spacial score (nSPS) is 17.2. The number of ether oxygens (including phenoxy) is 2. The van der Waals surface area contributed by atoms with Crippen LogP contribution in [0.25, 0.3) is 10.9 Å². The van der Waals surface area contributed by atoms with Crippen LogP contribution >= 0.6 is 19.2 Å². The predicted molar refractivity (Wildman–Crippen MR) is 157 cm³/mol. The summed E-state index contributed by atoms with van der Waals surface area (Å²) >= 11 is 1.11. The van der Waals surface area contributed by atoms with Crippen LogP contribution < -0.4 is 25.4 Å². The zero-order valence-corrected chi connectivity index (χ0v) is 25.0. The Hall–Kier alpha value is -3.83. The molecule has 0 saturated carbocycles. The molecule has 2 aromatic carbocycles. The lowest BCUT2D eigenvalue weighted by Crippen LogP contribution is -2.56. The van der Waals surface area contributed by atoms with Gasteiger partial charge in [-0.2, -0.15) is 9.69 Å². The molecule has 0 spiro atoms. The van der Waals surface area contributed by atoms with E-state index in [1.54, 1.807) is 19.1 Å². The maximum atomic E-state index is 14.1. The summed E-state index contributed by atoms with van der Waals surface area (Å²) in [5.41, 5.74) is 0.328. The number of aromatic nitrogens is 3. The lowest BCUT2D eigenvalue weighted by Gasteiger charge is -2.37. The quantitative estimate of drug-likeness (QED) is 0.111. The summed E-state index contributed by atoms with van der Waals surface area (Å²) in [6.07, 6.45) is 2.75. The van der Waals surface area contributed by atoms with Gasteiger partial charge in [0.2, 0.25) is 0 Å². The van der Waals surface area contributed by atoms with Gasteiger partial charge in [-0.05, 0) is 25.1 Å². The van der Waals surface area contributed by atoms with E-state index >= 15 is 0 Å². The van der Waals surface area contributed by atoms with E-state index in [0.717, 1.165) is 17.4 Å². The van der Waals surface area contributed by atoms with E-state index < -0.39 is 37.6 Å². The van der Waals surface area contributed by atoms with Crippen molar-refractivity contribution < 1.29 is 42.0 Å². The Morgan fingerprint density at radius 2 is 2.05 bits per heavy atom. The second-order valence-corrected chi connectivity index (χ2v) is 11.8. The van der Waals surface area contributed by atoms with E-state index in [2.05, 4.69) is 30.9 Å². The van der Waals surface area contributed by atoms with Crippen molar-refractivity contribution in [1.82, 2.24) is 25.3 Å². The highest BCUT2D eigenvalue weighted by atomic mass is 32.1. The number of nitrogens with one attached hydrogen (secondary N) is 3. The molecule has 1 aliphatic rings. The number of aldehydes is 1. The third-order valence-corrected chi connectivity index (χ3v) is 8.09. The number of hydroxylamine groups is 2. The minimum Gasteiger partial charge on any atom is -0.493 e. The summed E-state index contributed by atoms with van der Waals surface area (Å²) in [5, 5.41) is 11.1. The molecule has 2 aromatic heterocycles. The molecule has 18 heteroatoms. The molecule has 1 saturated heterocycles. The number of hydrogen-bond acceptors (Lipinski definition) is 13. The maximum absolute atomic E-state index is 14.1. The fraction of sp³-hybridized carbons (Fsp3) is 0.308. The minimum atomic E-state index is -4.76. The van der Waals surface area contributed by atoms with Gasteiger partial charge < -0.3 is 40.0 Å². The Bertz CT molecular complexity index is 1690. The summed E-state index contributed by atoms with van der Waals surface area (Å²) < 4.78 is 55.8. The molecule has 3 heterocycles. The van der Waals surface area contributed by atoms with Crippen molar-refractivity contribution in [2.45, 2.75) is 25.1 Å². The first-order valence-electron chi connectivity index (χ1n) is 13.2. The molecule has 4 aromatic rings. The number of thiazole rings is 1. The van der Waals surface area contributed by atoms with Crippen LogP contribution in [0.2, 0.25) is 0 Å². The highest BCUT2D eigenvalue weighted by Gasteiger charge is 2.34. The van der Waals surface area contributed by atoms with Crippen LogP contribution in [0.5, 0.6) is 11.5 Å². The average molecular weight is 652 g/mol. The van der Waals surface area contributed by atoms with Crippen LogP contribution in [-0.4, -0.2) is 75.0 Å². The number of piperazine rings is 1. The van der Waals surface area contributed by atoms with E-state index in [-0.39, 0.29) is 12.2 Å². The number of anilines is 3. The summed E-state index contributed by atoms with van der Waals surface area (Å²) in [5.74, 6) is -1.08. The van der Waals surface area contributed by atoms with Crippen molar-refractivity contribution >= 4 is 53.0 Å². The standard InChI is InChI=1S/C26H28F2N7O7PS/c1-14(20-10-29-6-7-35(20)42-43(37,38)39)41-22-9-18-15(8-21(22)40-2)25(32-13-31-18)34-26-30-11-23(44-26)19(12-36)33-17-5-3-4-16(27)24(17)28/h3-5,8-9,11-14,19-20,29,33H,6-7,10H2,1-2H3,(H2,37,38,39)(H,30,31,32,34). The van der Waals surface area contributed by atoms with Gasteiger partial charge in [0.1, 0.15) is 30.6 Å². The van der Waals surface area contributed by atoms with Crippen LogP contribution in [0.1, 0.15) is 17.8 Å². The molecule has 1 aliphatic heterocycles. The number of carbonyl (C=O) groups is 1. The molecule has 1 fully saturated rings. The Morgan fingerprint density at radius 1 is 1.23 bits per heavy atom. The summed E-state index contributed by atoms with van der Waals surface area (Å²) in [4.78, 5) is 43.8. The maximum Gasteiger partial charge on any atom is 0.486 e. The Morgan fingerprint density at radius 3 is 2.80 bits per heavy atom. The first kappa shape index (κ1) is 31.6. The topological polar surface area (TPSA) is 180 Å². The second kappa shape index (κ2) is 13.4. The fourth-order valence-corrected chi connectivity index (χ4v) is 5.88. The molecule has 5 rings (SSSR count). The number of rotatable bonds is 12. The SMILES string of the molecule is COc1cc2c(Nc3ncc(C(C=O)Nc4cccc(F)c4F)s3)ncnc2cc1OC(C)C1CNCCN1OP(=O)(O)O. The van der Waals surface area contributed by atoms with Gasteiger partial charge in [-0.25, -0.2) is 28.3 Å². The fourth-order valence-electron chi connectivity index (χ4n) is 4.58. The van der Waals surface area contributed by atoms with Crippen LogP contribution in [0.3, 0.4) is 0 Å². The molecule has 0 radical (unpaired) electrons. The summed E-state index contributed by atoms with van der Waals surface area (Å²) in [6.45, 7) is 2.83. The molecule has 14 nitrogen and oxygen atoms in total. The van der Waals surface area contributed by atoms with Crippen molar-refractivity contribution in [3.8, 4) is 11.5 Å². The van der Waals surface area contributed by atoms with E-state index in [9.17, 15) is 27.9 Å². The molecule has 5 N–H and O–H groups in total. The third kappa shape index (κ3) is 7.27. The smallest absolute Gasteiger partial charge is 0.486 e. The molecule has 234 valence electrons. The van der Waals surface area contributed by atoms with E-state index in [1.807, 2.05) is 0 Å². The predicted octanol–water partition coefficient (Wildman–Crippen LogP) is 3.53. The second-order valence-electron chi connectivity index (χ2n) is 9.60. The number of hydrogen-bond donors (Lipinski definition) is 5. The highest BCUT2D eigenvalue weighted by molar-refractivity contribution is 7.46. The summed E-state index contributed by atoms with van der Waals surface area (Å²) in [6, 6.07) is 5.44. The van der Waals surface area contributed by atoms with Crippen LogP contribution in [0.15, 0.2) is 42.9 Å². The number of phosphoric acid groups is 1. The summed E-state index contributed by atoms with van der Waals surface area (Å²) in [7, 11) is -3.30. The first-order chi connectivity index (χ1) is 21.1. The number of carbonyl (C=O) groups excluding carboxylic acids is 1. The molecular weight excluding hydrogens is 623 g/mol. The molecule has 44 heavy (non-hydrogen) atoms. The lowest BCUT2D eigenvalue weighted by molar-refractivity contribution is -0.145. The highest BCUT2D eigenvalue weighted by Crippen LogP contribution is 2.40. The minimum absolute atomic E-state index is 0.159. The molecule has 0 aliphatic carbocycles. The monoisotopic (exact) mass is 651 g/mol. The van der Waals surface area contributed by atoms with Gasteiger partial charge >= 0.3 is 7.82 Å². The van der Waals surface area contributed by atoms with Gasteiger partial charge in [0.15, 0.2) is 28.3 Å². The zero-order valence-electron chi connectivity index (χ0n) is 23.3. The number of methoxy groups -OCH3 is 1. The third-order valence-electron chi connectivity index (χ3n) is 6.67. The number of benzene rings is 2. The van der Waals surface area contributed by atoms with Crippen molar-refractivity contribution in [3.63, 3.8) is 0 Å². The molecule has 3 unspecified atom stereocenters. The average Bonchev–Trinajstić information content (AvgIpc) is 3.45. The van der Waals surface area contributed by atoms with Gasteiger partial charge in [-0.1, -0.05) is 17.4 Å².